The lowest BCUT2D eigenvalue weighted by atomic mass is 10.1. The van der Waals surface area contributed by atoms with Crippen molar-refractivity contribution in [3.63, 3.8) is 0 Å². The zero-order valence-corrected chi connectivity index (χ0v) is 9.58. The van der Waals surface area contributed by atoms with Crippen LogP contribution < -0.4 is 5.73 Å². The summed E-state index contributed by atoms with van der Waals surface area (Å²) in [4.78, 5) is 7.31. The number of rotatable bonds is 3. The van der Waals surface area contributed by atoms with Crippen molar-refractivity contribution in [1.29, 1.82) is 0 Å². The summed E-state index contributed by atoms with van der Waals surface area (Å²) in [7, 11) is 0. The molecule has 0 radical (unpaired) electrons. The minimum absolute atomic E-state index is 0.401. The van der Waals surface area contributed by atoms with Gasteiger partial charge in [-0.1, -0.05) is 35.5 Å². The first-order chi connectivity index (χ1) is 8.84. The molecule has 0 saturated carbocycles. The number of hydrogen-bond donors (Lipinski definition) is 2. The van der Waals surface area contributed by atoms with Gasteiger partial charge in [0.25, 0.3) is 0 Å². The summed E-state index contributed by atoms with van der Waals surface area (Å²) in [6.07, 6.45) is 1.81. The van der Waals surface area contributed by atoms with Gasteiger partial charge in [-0.2, -0.15) is 4.98 Å². The molecule has 0 bridgehead atoms. The minimum Gasteiger partial charge on any atom is -0.359 e. The molecular weight excluding hydrogens is 228 g/mol. The summed E-state index contributed by atoms with van der Waals surface area (Å²) in [5.41, 5.74) is 7.83. The van der Waals surface area contributed by atoms with Crippen molar-refractivity contribution >= 4 is 0 Å². The van der Waals surface area contributed by atoms with E-state index in [0.29, 0.717) is 11.7 Å². The molecule has 2 heterocycles. The number of H-pyrrole nitrogens is 1. The number of benzene rings is 1. The Hall–Kier alpha value is -2.40. The molecule has 1 unspecified atom stereocenters. The van der Waals surface area contributed by atoms with Crippen molar-refractivity contribution in [3.05, 3.63) is 60.1 Å². The quantitative estimate of drug-likeness (QED) is 0.734. The third-order valence-electron chi connectivity index (χ3n) is 2.71. The minimum atomic E-state index is -0.401. The van der Waals surface area contributed by atoms with E-state index in [1.807, 2.05) is 48.7 Å². The highest BCUT2D eigenvalue weighted by molar-refractivity contribution is 5.48. The molecule has 0 aliphatic heterocycles. The van der Waals surface area contributed by atoms with Gasteiger partial charge in [-0.05, 0) is 17.7 Å². The highest BCUT2D eigenvalue weighted by atomic mass is 16.5. The number of nitrogens with two attached hydrogens (primary N) is 1. The summed E-state index contributed by atoms with van der Waals surface area (Å²) in [6.45, 7) is 0. The van der Waals surface area contributed by atoms with Gasteiger partial charge in [0, 0.05) is 6.20 Å². The van der Waals surface area contributed by atoms with Gasteiger partial charge in [-0.25, -0.2) is 0 Å². The summed E-state index contributed by atoms with van der Waals surface area (Å²) in [5, 5.41) is 3.91. The zero-order valence-electron chi connectivity index (χ0n) is 9.58. The number of aromatic nitrogens is 3. The lowest BCUT2D eigenvalue weighted by Crippen LogP contribution is -2.11. The molecule has 1 atom stereocenters. The van der Waals surface area contributed by atoms with E-state index in [-0.39, 0.29) is 0 Å². The molecule has 0 amide bonds. The molecule has 0 fully saturated rings. The van der Waals surface area contributed by atoms with Crippen LogP contribution in [0.3, 0.4) is 0 Å². The summed E-state index contributed by atoms with van der Waals surface area (Å²) < 4.78 is 5.20. The van der Waals surface area contributed by atoms with Crippen molar-refractivity contribution < 1.29 is 4.52 Å². The van der Waals surface area contributed by atoms with Crippen molar-refractivity contribution in [2.75, 3.05) is 0 Å². The van der Waals surface area contributed by atoms with E-state index in [4.69, 9.17) is 10.3 Å². The fourth-order valence-corrected chi connectivity index (χ4v) is 1.74. The zero-order chi connectivity index (χ0) is 12.4. The Bertz CT molecular complexity index is 616. The molecule has 0 aliphatic rings. The van der Waals surface area contributed by atoms with Crippen LogP contribution in [0.2, 0.25) is 0 Å². The Kier molecular flexibility index (Phi) is 2.66. The van der Waals surface area contributed by atoms with Gasteiger partial charge in [0.1, 0.15) is 6.04 Å². The Morgan fingerprint density at radius 1 is 1.11 bits per heavy atom. The first-order valence-electron chi connectivity index (χ1n) is 5.62. The average molecular weight is 240 g/mol. The van der Waals surface area contributed by atoms with E-state index < -0.39 is 6.04 Å². The number of nitrogens with one attached hydrogen (secondary N) is 1. The first kappa shape index (κ1) is 10.7. The fourth-order valence-electron chi connectivity index (χ4n) is 1.74. The van der Waals surface area contributed by atoms with E-state index in [0.717, 1.165) is 11.3 Å². The van der Waals surface area contributed by atoms with Crippen LogP contribution in [0.25, 0.3) is 11.5 Å². The predicted octanol–water partition coefficient (Wildman–Crippen LogP) is 2.11. The van der Waals surface area contributed by atoms with Crippen LogP contribution in [-0.4, -0.2) is 15.1 Å². The highest BCUT2D eigenvalue weighted by Crippen LogP contribution is 2.20. The van der Waals surface area contributed by atoms with Gasteiger partial charge in [-0.3, -0.25) is 0 Å². The van der Waals surface area contributed by atoms with Crippen LogP contribution in [0.1, 0.15) is 17.5 Å². The van der Waals surface area contributed by atoms with Crippen LogP contribution in [0, 0.1) is 0 Å². The van der Waals surface area contributed by atoms with E-state index in [1.165, 1.54) is 0 Å². The smallest absolute Gasteiger partial charge is 0.248 e. The van der Waals surface area contributed by atoms with Crippen LogP contribution >= 0.6 is 0 Å². The molecule has 5 heteroatoms. The molecule has 90 valence electrons. The van der Waals surface area contributed by atoms with E-state index >= 15 is 0 Å². The topological polar surface area (TPSA) is 80.7 Å². The number of hydrogen-bond acceptors (Lipinski definition) is 4. The van der Waals surface area contributed by atoms with Crippen molar-refractivity contribution in [1.82, 2.24) is 15.1 Å². The van der Waals surface area contributed by atoms with Crippen molar-refractivity contribution in [2.24, 2.45) is 5.73 Å². The fraction of sp³-hybridized carbons (Fsp3) is 0.0769. The van der Waals surface area contributed by atoms with Crippen LogP contribution in [0.5, 0.6) is 0 Å². The van der Waals surface area contributed by atoms with Gasteiger partial charge in [0.2, 0.25) is 11.7 Å². The lowest BCUT2D eigenvalue weighted by Gasteiger charge is -2.05. The summed E-state index contributed by atoms with van der Waals surface area (Å²) in [5.74, 6) is 0.923. The molecule has 3 aromatic rings. The van der Waals surface area contributed by atoms with Crippen molar-refractivity contribution in [2.45, 2.75) is 6.04 Å². The first-order valence-corrected chi connectivity index (χ1v) is 5.62. The normalized spacial score (nSPS) is 12.5. The Labute approximate surface area is 104 Å². The highest BCUT2D eigenvalue weighted by Gasteiger charge is 2.17. The second kappa shape index (κ2) is 4.46. The third kappa shape index (κ3) is 1.91. The molecule has 0 spiro atoms. The maximum atomic E-state index is 6.08. The maximum Gasteiger partial charge on any atom is 0.248 e. The molecular formula is C13H12N4O. The summed E-state index contributed by atoms with van der Waals surface area (Å²) >= 11 is 0. The monoisotopic (exact) mass is 240 g/mol. The van der Waals surface area contributed by atoms with Gasteiger partial charge >= 0.3 is 0 Å². The van der Waals surface area contributed by atoms with Gasteiger partial charge in [-0.15, -0.1) is 0 Å². The Balaban J connectivity index is 1.90. The van der Waals surface area contributed by atoms with Gasteiger partial charge in [0.15, 0.2) is 0 Å². The van der Waals surface area contributed by atoms with Crippen LogP contribution in [-0.2, 0) is 0 Å². The van der Waals surface area contributed by atoms with Gasteiger partial charge in [0.05, 0.1) is 5.69 Å². The maximum absolute atomic E-state index is 6.08. The van der Waals surface area contributed by atoms with Crippen LogP contribution in [0.15, 0.2) is 53.2 Å². The Morgan fingerprint density at radius 2 is 1.94 bits per heavy atom. The molecule has 18 heavy (non-hydrogen) atoms. The number of aromatic amines is 1. The van der Waals surface area contributed by atoms with Crippen LogP contribution in [0.4, 0.5) is 0 Å². The van der Waals surface area contributed by atoms with E-state index in [2.05, 4.69) is 15.1 Å². The molecule has 1 aromatic carbocycles. The van der Waals surface area contributed by atoms with Crippen molar-refractivity contribution in [3.8, 4) is 11.5 Å². The molecule has 0 saturated heterocycles. The molecule has 3 N–H and O–H groups in total. The molecule has 2 aromatic heterocycles. The molecule has 0 aliphatic carbocycles. The number of nitrogens with zero attached hydrogens (tertiary/aromatic N) is 2. The standard InChI is InChI=1S/C13H12N4O/c14-11(9-5-2-1-3-6-9)13-16-12(17-18-13)10-7-4-8-15-10/h1-8,11,15H,14H2. The second-order valence-corrected chi connectivity index (χ2v) is 3.93. The average Bonchev–Trinajstić information content (AvgIpc) is 3.09. The SMILES string of the molecule is NC(c1ccccc1)c1nc(-c2ccc[nH]2)no1. The van der Waals surface area contributed by atoms with E-state index in [1.54, 1.807) is 0 Å². The third-order valence-corrected chi connectivity index (χ3v) is 2.71. The molecule has 5 nitrogen and oxygen atoms in total. The van der Waals surface area contributed by atoms with E-state index in [9.17, 15) is 0 Å². The summed E-state index contributed by atoms with van der Waals surface area (Å²) in [6, 6.07) is 13.0. The molecule has 3 rings (SSSR count). The Morgan fingerprint density at radius 3 is 2.67 bits per heavy atom. The lowest BCUT2D eigenvalue weighted by molar-refractivity contribution is 0.367. The second-order valence-electron chi connectivity index (χ2n) is 3.93. The largest absolute Gasteiger partial charge is 0.359 e. The predicted molar refractivity (Wildman–Crippen MR) is 66.6 cm³/mol. The van der Waals surface area contributed by atoms with Gasteiger partial charge < -0.3 is 15.2 Å².